The molecule has 2 aromatic carbocycles. The highest BCUT2D eigenvalue weighted by molar-refractivity contribution is 9.10. The van der Waals surface area contributed by atoms with E-state index in [0.29, 0.717) is 6.42 Å². The van der Waals surface area contributed by atoms with Gasteiger partial charge in [-0.2, -0.15) is 0 Å². The van der Waals surface area contributed by atoms with E-state index in [1.54, 1.807) is 11.8 Å². The van der Waals surface area contributed by atoms with Crippen molar-refractivity contribution in [2.45, 2.75) is 39.7 Å². The maximum absolute atomic E-state index is 13.4. The maximum atomic E-state index is 13.4. The molecule has 144 valence electrons. The van der Waals surface area contributed by atoms with Crippen LogP contribution in [0.25, 0.3) is 0 Å². The minimum Gasteiger partial charge on any atom is -0.302 e. The molecule has 4 rings (SSSR count). The zero-order valence-electron chi connectivity index (χ0n) is 16.3. The second-order valence-electron chi connectivity index (χ2n) is 8.44. The van der Waals surface area contributed by atoms with Crippen molar-refractivity contribution >= 4 is 44.7 Å². The van der Waals surface area contributed by atoms with E-state index in [1.165, 1.54) is 0 Å². The van der Waals surface area contributed by atoms with Gasteiger partial charge in [-0.05, 0) is 41.7 Å². The number of anilines is 1. The summed E-state index contributed by atoms with van der Waals surface area (Å²) in [5, 5.41) is 0. The summed E-state index contributed by atoms with van der Waals surface area (Å²) >= 11 is 3.54. The third-order valence-electron chi connectivity index (χ3n) is 5.55. The highest BCUT2D eigenvalue weighted by Gasteiger charge is 2.47. The minimum absolute atomic E-state index is 0.0912. The Labute approximate surface area is 173 Å². The van der Waals surface area contributed by atoms with Gasteiger partial charge in [0.1, 0.15) is 5.78 Å². The molecule has 4 nitrogen and oxygen atoms in total. The first-order valence-electron chi connectivity index (χ1n) is 9.51. The zero-order chi connectivity index (χ0) is 20.1. The van der Waals surface area contributed by atoms with Gasteiger partial charge < -0.3 is 4.90 Å². The summed E-state index contributed by atoms with van der Waals surface area (Å²) in [6, 6.07) is 15.2. The fourth-order valence-corrected chi connectivity index (χ4v) is 4.93. The van der Waals surface area contributed by atoms with Gasteiger partial charge in [-0.15, -0.1) is 0 Å². The summed E-state index contributed by atoms with van der Waals surface area (Å²) in [4.78, 5) is 32.9. The van der Waals surface area contributed by atoms with Crippen LogP contribution in [0.5, 0.6) is 0 Å². The van der Waals surface area contributed by atoms with Gasteiger partial charge in [0.25, 0.3) is 0 Å². The van der Waals surface area contributed by atoms with Crippen LogP contribution in [0.3, 0.4) is 0 Å². The lowest BCUT2D eigenvalue weighted by Crippen LogP contribution is -2.46. The third-order valence-corrected chi connectivity index (χ3v) is 6.04. The van der Waals surface area contributed by atoms with E-state index < -0.39 is 12.0 Å². The molecule has 0 N–H and O–H groups in total. The maximum Gasteiger partial charge on any atom is 0.224 e. The molecule has 1 aliphatic carbocycles. The largest absolute Gasteiger partial charge is 0.302 e. The number of halogens is 1. The predicted molar refractivity (Wildman–Crippen MR) is 115 cm³/mol. The van der Waals surface area contributed by atoms with Crippen molar-refractivity contribution in [2.24, 2.45) is 16.3 Å². The van der Waals surface area contributed by atoms with Crippen LogP contribution in [0.4, 0.5) is 11.4 Å². The summed E-state index contributed by atoms with van der Waals surface area (Å²) in [7, 11) is 0. The molecule has 2 aliphatic rings. The Morgan fingerprint density at radius 2 is 1.89 bits per heavy atom. The molecule has 1 saturated carbocycles. The lowest BCUT2D eigenvalue weighted by molar-refractivity contribution is -0.124. The van der Waals surface area contributed by atoms with Crippen molar-refractivity contribution in [1.29, 1.82) is 0 Å². The number of benzene rings is 2. The molecular weight excluding hydrogens is 416 g/mol. The van der Waals surface area contributed by atoms with Gasteiger partial charge in [0.2, 0.25) is 5.91 Å². The number of amides is 1. The number of ketones is 1. The van der Waals surface area contributed by atoms with Crippen LogP contribution < -0.4 is 4.90 Å². The molecule has 28 heavy (non-hydrogen) atoms. The van der Waals surface area contributed by atoms with Gasteiger partial charge in [-0.3, -0.25) is 14.6 Å². The number of nitrogens with zero attached hydrogens (tertiary/aromatic N) is 2. The van der Waals surface area contributed by atoms with Gasteiger partial charge in [-0.1, -0.05) is 54.0 Å². The Hall–Kier alpha value is -2.27. The van der Waals surface area contributed by atoms with Gasteiger partial charge in [0.05, 0.1) is 23.3 Å². The minimum atomic E-state index is -0.432. The van der Waals surface area contributed by atoms with Crippen molar-refractivity contribution in [3.05, 3.63) is 58.6 Å². The zero-order valence-corrected chi connectivity index (χ0v) is 17.9. The van der Waals surface area contributed by atoms with Crippen molar-refractivity contribution in [1.82, 2.24) is 0 Å². The average molecular weight is 439 g/mol. The number of para-hydroxylation sites is 2. The number of fused-ring (bicyclic) bond motifs is 2. The summed E-state index contributed by atoms with van der Waals surface area (Å²) in [6.45, 7) is 5.78. The van der Waals surface area contributed by atoms with E-state index in [0.717, 1.165) is 33.5 Å². The normalized spacial score (nSPS) is 23.4. The Morgan fingerprint density at radius 3 is 2.61 bits per heavy atom. The second kappa shape index (κ2) is 6.96. The molecule has 2 unspecified atom stereocenters. The van der Waals surface area contributed by atoms with Crippen molar-refractivity contribution in [2.75, 3.05) is 4.90 Å². The Kier molecular flexibility index (Phi) is 4.74. The molecule has 2 aromatic rings. The lowest BCUT2D eigenvalue weighted by Gasteiger charge is -2.40. The Balaban J connectivity index is 1.99. The van der Waals surface area contributed by atoms with Crippen LogP contribution in [-0.4, -0.2) is 17.4 Å². The topological polar surface area (TPSA) is 49.7 Å². The van der Waals surface area contributed by atoms with Crippen molar-refractivity contribution < 1.29 is 9.59 Å². The molecule has 2 atom stereocenters. The molecule has 5 heteroatoms. The monoisotopic (exact) mass is 438 g/mol. The first-order chi connectivity index (χ1) is 13.3. The fourth-order valence-electron chi connectivity index (χ4n) is 4.51. The number of rotatable bonds is 1. The molecule has 0 saturated heterocycles. The number of aliphatic imine (C=N–C) groups is 1. The van der Waals surface area contributed by atoms with Gasteiger partial charge in [0.15, 0.2) is 0 Å². The molecule has 0 aromatic heterocycles. The molecule has 1 fully saturated rings. The standard InChI is InChI=1S/C23H23BrN2O2/c1-14(27)26-19-10-5-4-9-17(19)25-18-12-23(2,3)13-20(28)21(18)22(26)15-7-6-8-16(24)11-15/h4-11,21-22H,12-13H2,1-3H3. The molecule has 0 bridgehead atoms. The van der Waals surface area contributed by atoms with Crippen LogP contribution >= 0.6 is 15.9 Å². The summed E-state index contributed by atoms with van der Waals surface area (Å²) in [5.74, 6) is -0.371. The second-order valence-corrected chi connectivity index (χ2v) is 9.36. The quantitative estimate of drug-likeness (QED) is 0.578. The van der Waals surface area contributed by atoms with Gasteiger partial charge in [-0.25, -0.2) is 0 Å². The van der Waals surface area contributed by atoms with Gasteiger partial charge >= 0.3 is 0 Å². The van der Waals surface area contributed by atoms with Crippen LogP contribution in [0, 0.1) is 11.3 Å². The molecule has 0 radical (unpaired) electrons. The van der Waals surface area contributed by atoms with Crippen LogP contribution in [-0.2, 0) is 9.59 Å². The summed E-state index contributed by atoms with van der Waals surface area (Å²) in [5.41, 5.74) is 3.19. The number of Topliss-reactive ketones (excluding diaryl/α,β-unsaturated/α-hetero) is 1. The highest BCUT2D eigenvalue weighted by atomic mass is 79.9. The number of carbonyl (C=O) groups is 2. The van der Waals surface area contributed by atoms with Crippen molar-refractivity contribution in [3.8, 4) is 0 Å². The highest BCUT2D eigenvalue weighted by Crippen LogP contribution is 2.48. The van der Waals surface area contributed by atoms with Crippen LogP contribution in [0.2, 0.25) is 0 Å². The van der Waals surface area contributed by atoms with Gasteiger partial charge in [0, 0.05) is 23.5 Å². The number of hydrogen-bond acceptors (Lipinski definition) is 3. The Bertz CT molecular complexity index is 996. The molecule has 1 aliphatic heterocycles. The SMILES string of the molecule is CC(=O)N1c2ccccc2N=C2CC(C)(C)CC(=O)C2C1c1cccc(Br)c1. The van der Waals surface area contributed by atoms with E-state index in [4.69, 9.17) is 4.99 Å². The van der Waals surface area contributed by atoms with E-state index >= 15 is 0 Å². The smallest absolute Gasteiger partial charge is 0.224 e. The first-order valence-corrected chi connectivity index (χ1v) is 10.3. The van der Waals surface area contributed by atoms with E-state index in [-0.39, 0.29) is 17.1 Å². The molecular formula is C23H23BrN2O2. The van der Waals surface area contributed by atoms with Crippen LogP contribution in [0.15, 0.2) is 58.0 Å². The predicted octanol–water partition coefficient (Wildman–Crippen LogP) is 5.63. The molecule has 1 amide bonds. The fraction of sp³-hybridized carbons (Fsp3) is 0.348. The number of carbonyl (C=O) groups excluding carboxylic acids is 2. The van der Waals surface area contributed by atoms with Crippen LogP contribution in [0.1, 0.15) is 45.2 Å². The first kappa shape index (κ1) is 19.1. The summed E-state index contributed by atoms with van der Waals surface area (Å²) in [6.07, 6.45) is 1.23. The third kappa shape index (κ3) is 3.32. The average Bonchev–Trinajstić information content (AvgIpc) is 2.74. The lowest BCUT2D eigenvalue weighted by atomic mass is 9.68. The number of hydrogen-bond donors (Lipinski definition) is 0. The van der Waals surface area contributed by atoms with E-state index in [2.05, 4.69) is 29.8 Å². The van der Waals surface area contributed by atoms with Crippen molar-refractivity contribution in [3.63, 3.8) is 0 Å². The molecule has 0 spiro atoms. The van der Waals surface area contributed by atoms with E-state index in [1.807, 2.05) is 48.5 Å². The molecule has 1 heterocycles. The Morgan fingerprint density at radius 1 is 1.14 bits per heavy atom. The van der Waals surface area contributed by atoms with E-state index in [9.17, 15) is 9.59 Å². The summed E-state index contributed by atoms with van der Waals surface area (Å²) < 4.78 is 0.924.